The fourth-order valence-corrected chi connectivity index (χ4v) is 3.70. The molecule has 2 nitrogen and oxygen atoms in total. The third-order valence-corrected chi connectivity index (χ3v) is 5.15. The van der Waals surface area contributed by atoms with E-state index in [0.717, 1.165) is 31.4 Å². The van der Waals surface area contributed by atoms with Crippen molar-refractivity contribution in [1.82, 2.24) is 10.2 Å². The van der Waals surface area contributed by atoms with E-state index in [-0.39, 0.29) is 30.0 Å². The number of hydrogen-bond acceptors (Lipinski definition) is 2. The quantitative estimate of drug-likeness (QED) is 0.724. The Kier molecular flexibility index (Phi) is 6.51. The van der Waals surface area contributed by atoms with Crippen molar-refractivity contribution >= 4 is 12.4 Å². The number of alkyl halides is 6. The van der Waals surface area contributed by atoms with Crippen LogP contribution in [0.15, 0.2) is 18.2 Å². The summed E-state index contributed by atoms with van der Waals surface area (Å²) in [5.41, 5.74) is -2.43. The molecular formula is C17H21ClF6N2. The van der Waals surface area contributed by atoms with Crippen LogP contribution in [0.1, 0.15) is 42.0 Å². The molecule has 1 aliphatic carbocycles. The smallest absolute Gasteiger partial charge is 0.314 e. The summed E-state index contributed by atoms with van der Waals surface area (Å²) < 4.78 is 79.3. The first-order valence-corrected chi connectivity index (χ1v) is 8.41. The molecule has 0 spiro atoms. The molecule has 26 heavy (non-hydrogen) atoms. The molecule has 0 aromatic heterocycles. The van der Waals surface area contributed by atoms with Crippen molar-refractivity contribution in [1.29, 1.82) is 0 Å². The molecule has 1 saturated carbocycles. The van der Waals surface area contributed by atoms with Gasteiger partial charge >= 0.3 is 12.4 Å². The SMILES string of the molecule is Cl.FC(F)(F)c1ccc([C@H](C2CCC2)N2CCNCC2)c(C(F)(F)F)c1. The lowest BCUT2D eigenvalue weighted by Gasteiger charge is -2.44. The zero-order valence-electron chi connectivity index (χ0n) is 14.0. The minimum absolute atomic E-state index is 0. The topological polar surface area (TPSA) is 15.3 Å². The summed E-state index contributed by atoms with van der Waals surface area (Å²) in [7, 11) is 0. The molecule has 1 aromatic carbocycles. The lowest BCUT2D eigenvalue weighted by molar-refractivity contribution is -0.144. The largest absolute Gasteiger partial charge is 0.416 e. The van der Waals surface area contributed by atoms with Gasteiger partial charge in [-0.2, -0.15) is 26.3 Å². The highest BCUT2D eigenvalue weighted by Gasteiger charge is 2.43. The summed E-state index contributed by atoms with van der Waals surface area (Å²) in [6.45, 7) is 2.54. The second-order valence-electron chi connectivity index (χ2n) is 6.72. The van der Waals surface area contributed by atoms with Crippen LogP contribution in [-0.4, -0.2) is 31.1 Å². The first-order chi connectivity index (χ1) is 11.7. The average molecular weight is 403 g/mol. The van der Waals surface area contributed by atoms with Crippen LogP contribution in [0.5, 0.6) is 0 Å². The standard InChI is InChI=1S/C17H20F6N2.ClH/c18-16(19,20)12-4-5-13(14(10-12)17(21,22)23)15(11-2-1-3-11)25-8-6-24-7-9-25;/h4-5,10-11,15,24H,1-3,6-9H2;1H/t15-;/m0./s1. The van der Waals surface area contributed by atoms with E-state index in [0.29, 0.717) is 26.2 Å². The summed E-state index contributed by atoms with van der Waals surface area (Å²) in [5.74, 6) is 0.0657. The molecule has 1 N–H and O–H groups in total. The molecule has 0 unspecified atom stereocenters. The van der Waals surface area contributed by atoms with E-state index in [1.165, 1.54) is 0 Å². The zero-order chi connectivity index (χ0) is 18.2. The Morgan fingerprint density at radius 1 is 0.962 bits per heavy atom. The molecule has 9 heteroatoms. The van der Waals surface area contributed by atoms with Gasteiger partial charge in [0, 0.05) is 32.2 Å². The van der Waals surface area contributed by atoms with Gasteiger partial charge in [0.25, 0.3) is 0 Å². The fraction of sp³-hybridized carbons (Fsp3) is 0.647. The van der Waals surface area contributed by atoms with Gasteiger partial charge in [-0.25, -0.2) is 0 Å². The second-order valence-corrected chi connectivity index (χ2v) is 6.72. The first-order valence-electron chi connectivity index (χ1n) is 8.41. The van der Waals surface area contributed by atoms with E-state index in [1.807, 2.05) is 4.90 Å². The number of hydrogen-bond donors (Lipinski definition) is 1. The van der Waals surface area contributed by atoms with E-state index in [1.54, 1.807) is 0 Å². The summed E-state index contributed by atoms with van der Waals surface area (Å²) in [6.07, 6.45) is -7.03. The van der Waals surface area contributed by atoms with Crippen molar-refractivity contribution in [3.8, 4) is 0 Å². The van der Waals surface area contributed by atoms with E-state index in [9.17, 15) is 26.3 Å². The van der Waals surface area contributed by atoms with Gasteiger partial charge < -0.3 is 5.32 Å². The second kappa shape index (κ2) is 7.94. The van der Waals surface area contributed by atoms with Gasteiger partial charge in [0.2, 0.25) is 0 Å². The molecule has 1 aliphatic heterocycles. The summed E-state index contributed by atoms with van der Waals surface area (Å²) in [5, 5.41) is 3.16. The number of benzene rings is 1. The van der Waals surface area contributed by atoms with Gasteiger partial charge in [-0.3, -0.25) is 4.90 Å². The molecular weight excluding hydrogens is 382 g/mol. The lowest BCUT2D eigenvalue weighted by Crippen LogP contribution is -2.48. The van der Waals surface area contributed by atoms with Crippen LogP contribution in [0.2, 0.25) is 0 Å². The third kappa shape index (κ3) is 4.46. The predicted molar refractivity (Wildman–Crippen MR) is 88.2 cm³/mol. The van der Waals surface area contributed by atoms with Crippen molar-refractivity contribution in [2.24, 2.45) is 5.92 Å². The number of halogens is 7. The van der Waals surface area contributed by atoms with Gasteiger partial charge in [-0.1, -0.05) is 12.5 Å². The molecule has 1 aromatic rings. The molecule has 2 fully saturated rings. The van der Waals surface area contributed by atoms with Crippen LogP contribution in [-0.2, 0) is 12.4 Å². The monoisotopic (exact) mass is 402 g/mol. The molecule has 1 saturated heterocycles. The molecule has 2 aliphatic rings. The van der Waals surface area contributed by atoms with E-state index >= 15 is 0 Å². The number of rotatable bonds is 3. The van der Waals surface area contributed by atoms with E-state index in [4.69, 9.17) is 0 Å². The van der Waals surface area contributed by atoms with Gasteiger partial charge in [0.05, 0.1) is 11.1 Å². The maximum atomic E-state index is 13.5. The van der Waals surface area contributed by atoms with Gasteiger partial charge in [0.1, 0.15) is 0 Å². The van der Waals surface area contributed by atoms with Crippen molar-refractivity contribution in [3.63, 3.8) is 0 Å². The number of nitrogens with one attached hydrogen (secondary N) is 1. The fourth-order valence-electron chi connectivity index (χ4n) is 3.70. The maximum absolute atomic E-state index is 13.5. The van der Waals surface area contributed by atoms with E-state index in [2.05, 4.69) is 5.32 Å². The Bertz CT molecular complexity index is 606. The van der Waals surface area contributed by atoms with Crippen LogP contribution in [0, 0.1) is 5.92 Å². The van der Waals surface area contributed by atoms with E-state index < -0.39 is 29.5 Å². The Hall–Kier alpha value is -0.990. The Balaban J connectivity index is 0.00000243. The highest BCUT2D eigenvalue weighted by atomic mass is 35.5. The van der Waals surface area contributed by atoms with Crippen LogP contribution in [0.3, 0.4) is 0 Å². The van der Waals surface area contributed by atoms with Gasteiger partial charge in [-0.05, 0) is 36.5 Å². The predicted octanol–water partition coefficient (Wildman–Crippen LogP) is 4.89. The van der Waals surface area contributed by atoms with Crippen molar-refractivity contribution in [2.45, 2.75) is 37.7 Å². The first kappa shape index (κ1) is 21.3. The third-order valence-electron chi connectivity index (χ3n) is 5.15. The van der Waals surface area contributed by atoms with Crippen LogP contribution >= 0.6 is 12.4 Å². The molecule has 0 bridgehead atoms. The summed E-state index contributed by atoms with van der Waals surface area (Å²) in [4.78, 5) is 1.98. The zero-order valence-corrected chi connectivity index (χ0v) is 14.8. The molecule has 1 heterocycles. The van der Waals surface area contributed by atoms with Crippen molar-refractivity contribution in [3.05, 3.63) is 34.9 Å². The van der Waals surface area contributed by atoms with Gasteiger partial charge in [-0.15, -0.1) is 12.4 Å². The molecule has 1 atom stereocenters. The minimum Gasteiger partial charge on any atom is -0.314 e. The minimum atomic E-state index is -4.81. The number of piperazine rings is 1. The highest BCUT2D eigenvalue weighted by Crippen LogP contribution is 2.46. The van der Waals surface area contributed by atoms with Crippen molar-refractivity contribution in [2.75, 3.05) is 26.2 Å². The molecule has 0 radical (unpaired) electrons. The van der Waals surface area contributed by atoms with Crippen molar-refractivity contribution < 1.29 is 26.3 Å². The lowest BCUT2D eigenvalue weighted by atomic mass is 9.75. The Morgan fingerprint density at radius 2 is 1.58 bits per heavy atom. The summed E-state index contributed by atoms with van der Waals surface area (Å²) >= 11 is 0. The Morgan fingerprint density at radius 3 is 2.04 bits per heavy atom. The van der Waals surface area contributed by atoms with Gasteiger partial charge in [0.15, 0.2) is 0 Å². The van der Waals surface area contributed by atoms with Crippen LogP contribution in [0.4, 0.5) is 26.3 Å². The molecule has 0 amide bonds. The highest BCUT2D eigenvalue weighted by molar-refractivity contribution is 5.85. The summed E-state index contributed by atoms with van der Waals surface area (Å²) in [6, 6.07) is 1.60. The Labute approximate surface area is 154 Å². The average Bonchev–Trinajstić information content (AvgIpc) is 2.49. The normalized spacial score (nSPS) is 21.0. The molecule has 148 valence electrons. The maximum Gasteiger partial charge on any atom is 0.416 e. The molecule has 3 rings (SSSR count). The number of nitrogens with zero attached hydrogens (tertiary/aromatic N) is 1. The van der Waals surface area contributed by atoms with Crippen LogP contribution < -0.4 is 5.32 Å². The van der Waals surface area contributed by atoms with Crippen LogP contribution in [0.25, 0.3) is 0 Å².